The second-order valence-electron chi connectivity index (χ2n) is 9.77. The fourth-order valence-corrected chi connectivity index (χ4v) is 4.72. The average Bonchev–Trinajstić information content (AvgIpc) is 2.87. The Kier molecular flexibility index (Phi) is 14.5. The van der Waals surface area contributed by atoms with Gasteiger partial charge in [0.1, 0.15) is 24.2 Å². The number of aryl methyl sites for hydroxylation is 1. The molecule has 0 aromatic heterocycles. The van der Waals surface area contributed by atoms with Gasteiger partial charge in [-0.05, 0) is 43.2 Å². The van der Waals surface area contributed by atoms with E-state index in [4.69, 9.17) is 23.7 Å². The smallest absolute Gasteiger partial charge is 0.342 e. The zero-order chi connectivity index (χ0) is 26.2. The Hall–Kier alpha value is -2.12. The van der Waals surface area contributed by atoms with Crippen molar-refractivity contribution in [2.75, 3.05) is 27.6 Å². The van der Waals surface area contributed by atoms with Crippen molar-refractivity contribution >= 4 is 11.9 Å². The Bertz CT molecular complexity index is 779. The van der Waals surface area contributed by atoms with E-state index in [1.54, 1.807) is 20.3 Å². The van der Waals surface area contributed by atoms with Gasteiger partial charge in [-0.25, -0.2) is 4.79 Å². The van der Waals surface area contributed by atoms with Crippen LogP contribution in [0.5, 0.6) is 5.75 Å². The maximum atomic E-state index is 13.4. The number of hydrogen-bond donors (Lipinski definition) is 0. The lowest BCUT2D eigenvalue weighted by molar-refractivity contribution is -0.144. The van der Waals surface area contributed by atoms with Crippen LogP contribution in [0.1, 0.15) is 100 Å². The van der Waals surface area contributed by atoms with Gasteiger partial charge < -0.3 is 23.7 Å². The fraction of sp³-hybridized carbons (Fsp3) is 0.724. The summed E-state index contributed by atoms with van der Waals surface area (Å²) in [7, 11) is 3.16. The van der Waals surface area contributed by atoms with Crippen molar-refractivity contribution in [3.8, 4) is 5.75 Å². The molecule has 1 aromatic carbocycles. The van der Waals surface area contributed by atoms with Crippen LogP contribution < -0.4 is 4.74 Å². The van der Waals surface area contributed by atoms with Gasteiger partial charge in [-0.2, -0.15) is 0 Å². The summed E-state index contributed by atoms with van der Waals surface area (Å²) in [5.41, 5.74) is 1.42. The maximum Gasteiger partial charge on any atom is 0.342 e. The summed E-state index contributed by atoms with van der Waals surface area (Å²) in [6.07, 6.45) is 9.93. The highest BCUT2D eigenvalue weighted by atomic mass is 16.7. The summed E-state index contributed by atoms with van der Waals surface area (Å²) in [6.45, 7) is 4.72. The van der Waals surface area contributed by atoms with Crippen molar-refractivity contribution in [3.63, 3.8) is 0 Å². The number of methoxy groups -OCH3 is 2. The van der Waals surface area contributed by atoms with Gasteiger partial charge in [-0.1, -0.05) is 58.1 Å². The van der Waals surface area contributed by atoms with Crippen LogP contribution in [-0.4, -0.2) is 51.8 Å². The predicted octanol–water partition coefficient (Wildman–Crippen LogP) is 6.26. The molecule has 1 heterocycles. The van der Waals surface area contributed by atoms with Crippen molar-refractivity contribution in [1.29, 1.82) is 0 Å². The Balaban J connectivity index is 2.10. The van der Waals surface area contributed by atoms with Crippen LogP contribution in [-0.2, 0) is 30.2 Å². The van der Waals surface area contributed by atoms with E-state index in [1.165, 1.54) is 12.8 Å². The number of cyclic esters (lactones) is 1. The Morgan fingerprint density at radius 2 is 1.92 bits per heavy atom. The first-order valence-corrected chi connectivity index (χ1v) is 13.6. The zero-order valence-electron chi connectivity index (χ0n) is 22.7. The van der Waals surface area contributed by atoms with Crippen LogP contribution in [0.15, 0.2) is 18.2 Å². The van der Waals surface area contributed by atoms with E-state index in [1.807, 2.05) is 12.1 Å². The summed E-state index contributed by atoms with van der Waals surface area (Å²) in [6, 6.07) is 5.67. The van der Waals surface area contributed by atoms with Gasteiger partial charge in [0.05, 0.1) is 19.8 Å². The number of fused-ring (bicyclic) bond motifs is 1. The number of benzene rings is 1. The van der Waals surface area contributed by atoms with Crippen molar-refractivity contribution in [3.05, 3.63) is 29.3 Å². The molecular weight excluding hydrogens is 460 g/mol. The molecule has 0 saturated carbocycles. The molecule has 7 heteroatoms. The minimum absolute atomic E-state index is 0.131. The SMILES string of the molecule is CCCCCCCC(=O)OCCC1CC(OCOC)C(C)CCCCc2cccc(OC)c2C(=O)O1. The lowest BCUT2D eigenvalue weighted by atomic mass is 9.91. The van der Waals surface area contributed by atoms with E-state index >= 15 is 0 Å². The Labute approximate surface area is 217 Å². The quantitative estimate of drug-likeness (QED) is 0.177. The molecule has 1 aromatic rings. The highest BCUT2D eigenvalue weighted by Gasteiger charge is 2.28. The number of rotatable bonds is 13. The average molecular weight is 507 g/mol. The zero-order valence-corrected chi connectivity index (χ0v) is 22.7. The molecule has 2 rings (SSSR count). The van der Waals surface area contributed by atoms with Gasteiger partial charge in [0.15, 0.2) is 0 Å². The van der Waals surface area contributed by atoms with Crippen molar-refractivity contribution in [2.24, 2.45) is 5.92 Å². The molecule has 0 bridgehead atoms. The number of esters is 2. The molecule has 0 N–H and O–H groups in total. The topological polar surface area (TPSA) is 80.3 Å². The number of ether oxygens (including phenoxy) is 5. The first-order chi connectivity index (χ1) is 17.5. The number of unbranched alkanes of at least 4 members (excludes halogenated alkanes) is 4. The second kappa shape index (κ2) is 17.4. The summed E-state index contributed by atoms with van der Waals surface area (Å²) >= 11 is 0. The molecule has 3 atom stereocenters. The van der Waals surface area contributed by atoms with Crippen LogP contribution in [0, 0.1) is 5.92 Å². The Morgan fingerprint density at radius 1 is 1.11 bits per heavy atom. The normalized spacial score (nSPS) is 21.0. The molecule has 1 aliphatic rings. The maximum absolute atomic E-state index is 13.4. The highest BCUT2D eigenvalue weighted by Crippen LogP contribution is 2.29. The van der Waals surface area contributed by atoms with Gasteiger partial charge in [-0.3, -0.25) is 4.79 Å². The summed E-state index contributed by atoms with van der Waals surface area (Å²) in [5.74, 6) is 0.187. The van der Waals surface area contributed by atoms with Crippen molar-refractivity contribution in [1.82, 2.24) is 0 Å². The first-order valence-electron chi connectivity index (χ1n) is 13.6. The largest absolute Gasteiger partial charge is 0.496 e. The minimum Gasteiger partial charge on any atom is -0.496 e. The molecule has 1 aliphatic heterocycles. The third-order valence-electron chi connectivity index (χ3n) is 6.88. The monoisotopic (exact) mass is 506 g/mol. The first kappa shape index (κ1) is 30.1. The molecule has 0 spiro atoms. The van der Waals surface area contributed by atoms with Gasteiger partial charge in [0.25, 0.3) is 0 Å². The van der Waals surface area contributed by atoms with Crippen LogP contribution in [0.25, 0.3) is 0 Å². The summed E-state index contributed by atoms with van der Waals surface area (Å²) in [5, 5.41) is 0. The van der Waals surface area contributed by atoms with Crippen LogP contribution in [0.2, 0.25) is 0 Å². The van der Waals surface area contributed by atoms with E-state index in [0.717, 1.165) is 50.5 Å². The third-order valence-corrected chi connectivity index (χ3v) is 6.88. The highest BCUT2D eigenvalue weighted by molar-refractivity contribution is 5.94. The van der Waals surface area contributed by atoms with Crippen LogP contribution >= 0.6 is 0 Å². The molecule has 3 unspecified atom stereocenters. The van der Waals surface area contributed by atoms with Crippen molar-refractivity contribution < 1.29 is 33.3 Å². The van der Waals surface area contributed by atoms with Gasteiger partial charge in [0.2, 0.25) is 0 Å². The number of carbonyl (C=O) groups excluding carboxylic acids is 2. The minimum atomic E-state index is -0.462. The van der Waals surface area contributed by atoms with E-state index in [9.17, 15) is 9.59 Å². The van der Waals surface area contributed by atoms with Crippen LogP contribution in [0.4, 0.5) is 0 Å². The molecule has 0 aliphatic carbocycles. The van der Waals surface area contributed by atoms with Gasteiger partial charge in [0, 0.05) is 26.4 Å². The van der Waals surface area contributed by atoms with E-state index in [2.05, 4.69) is 13.8 Å². The third kappa shape index (κ3) is 10.5. The molecule has 0 fully saturated rings. The molecular formula is C29H46O7. The molecule has 204 valence electrons. The number of carbonyl (C=O) groups is 2. The lowest BCUT2D eigenvalue weighted by Crippen LogP contribution is -2.32. The molecule has 0 amide bonds. The van der Waals surface area contributed by atoms with Crippen molar-refractivity contribution in [2.45, 2.75) is 103 Å². The van der Waals surface area contributed by atoms with Gasteiger partial charge in [-0.15, -0.1) is 0 Å². The predicted molar refractivity (Wildman–Crippen MR) is 139 cm³/mol. The summed E-state index contributed by atoms with van der Waals surface area (Å²) in [4.78, 5) is 25.6. The molecule has 7 nitrogen and oxygen atoms in total. The standard InChI is InChI=1S/C29H46O7/c1-5-6-7-8-9-17-27(30)34-19-18-24-20-26(35-21-32-3)22(2)13-10-11-14-23-15-12-16-25(33-4)28(23)29(31)36-24/h12,15-16,22,24,26H,5-11,13-14,17-21H2,1-4H3. The fourth-order valence-electron chi connectivity index (χ4n) is 4.72. The second-order valence-corrected chi connectivity index (χ2v) is 9.77. The van der Waals surface area contributed by atoms with E-state index in [0.29, 0.717) is 30.6 Å². The Morgan fingerprint density at radius 3 is 2.67 bits per heavy atom. The molecule has 36 heavy (non-hydrogen) atoms. The number of hydrogen-bond acceptors (Lipinski definition) is 7. The summed E-state index contributed by atoms with van der Waals surface area (Å²) < 4.78 is 28.2. The molecule has 0 radical (unpaired) electrons. The van der Waals surface area contributed by atoms with Crippen LogP contribution in [0.3, 0.4) is 0 Å². The van der Waals surface area contributed by atoms with Gasteiger partial charge >= 0.3 is 11.9 Å². The molecule has 0 saturated heterocycles. The van der Waals surface area contributed by atoms with E-state index < -0.39 is 12.1 Å². The lowest BCUT2D eigenvalue weighted by Gasteiger charge is -2.29. The van der Waals surface area contributed by atoms with E-state index in [-0.39, 0.29) is 31.4 Å².